The minimum atomic E-state index is -0.269. The molecule has 2 aromatic rings. The topological polar surface area (TPSA) is 99.8 Å². The predicted molar refractivity (Wildman–Crippen MR) is 127 cm³/mol. The zero-order chi connectivity index (χ0) is 23.4. The molecule has 0 aromatic heterocycles. The van der Waals surface area contributed by atoms with Crippen molar-refractivity contribution in [3.8, 4) is 5.75 Å². The van der Waals surface area contributed by atoms with Gasteiger partial charge >= 0.3 is 6.03 Å². The van der Waals surface area contributed by atoms with Gasteiger partial charge in [0.15, 0.2) is 0 Å². The smallest absolute Gasteiger partial charge is 0.321 e. The second-order valence-electron chi connectivity index (χ2n) is 8.32. The van der Waals surface area contributed by atoms with E-state index in [1.807, 2.05) is 12.1 Å². The fourth-order valence-corrected chi connectivity index (χ4v) is 4.00. The van der Waals surface area contributed by atoms with Crippen molar-refractivity contribution in [3.05, 3.63) is 53.1 Å². The fraction of sp³-hybridized carbons (Fsp3) is 0.375. The number of piperidine rings is 1. The zero-order valence-electron chi connectivity index (χ0n) is 18.4. The van der Waals surface area contributed by atoms with Gasteiger partial charge in [-0.3, -0.25) is 9.59 Å². The molecule has 3 N–H and O–H groups in total. The molecule has 4 rings (SSSR count). The lowest BCUT2D eigenvalue weighted by Gasteiger charge is -2.31. The Kier molecular flexibility index (Phi) is 7.03. The normalized spacial score (nSPS) is 16.1. The SMILES string of the molecule is COc1ccccc1NC(=O)C1CCN(C(=O)Nc2ccc(Cl)c(C(=O)NC3CC3)c2)CC1. The molecule has 1 saturated heterocycles. The number of carbonyl (C=O) groups excluding carboxylic acids is 3. The Morgan fingerprint density at radius 1 is 1.00 bits per heavy atom. The van der Waals surface area contributed by atoms with Gasteiger partial charge in [-0.2, -0.15) is 0 Å². The van der Waals surface area contributed by atoms with E-state index in [4.69, 9.17) is 16.3 Å². The summed E-state index contributed by atoms with van der Waals surface area (Å²) in [7, 11) is 1.56. The number of nitrogens with zero attached hydrogens (tertiary/aromatic N) is 1. The van der Waals surface area contributed by atoms with Crippen LogP contribution in [0.3, 0.4) is 0 Å². The monoisotopic (exact) mass is 470 g/mol. The van der Waals surface area contributed by atoms with Crippen molar-refractivity contribution in [2.24, 2.45) is 5.92 Å². The van der Waals surface area contributed by atoms with Crippen molar-refractivity contribution in [2.45, 2.75) is 31.7 Å². The summed E-state index contributed by atoms with van der Waals surface area (Å²) in [6.45, 7) is 0.914. The molecular formula is C24H27ClN4O4. The van der Waals surface area contributed by atoms with E-state index in [1.54, 1.807) is 42.3 Å². The van der Waals surface area contributed by atoms with Gasteiger partial charge in [0, 0.05) is 30.7 Å². The lowest BCUT2D eigenvalue weighted by molar-refractivity contribution is -0.121. The molecule has 1 aliphatic heterocycles. The molecule has 0 bridgehead atoms. The second kappa shape index (κ2) is 10.1. The van der Waals surface area contributed by atoms with Crippen molar-refractivity contribution in [1.29, 1.82) is 0 Å². The van der Waals surface area contributed by atoms with Gasteiger partial charge < -0.3 is 25.6 Å². The molecule has 2 fully saturated rings. The van der Waals surface area contributed by atoms with Crippen LogP contribution in [0.25, 0.3) is 0 Å². The maximum Gasteiger partial charge on any atom is 0.321 e. The summed E-state index contributed by atoms with van der Waals surface area (Å²) in [6, 6.07) is 12.1. The average molecular weight is 471 g/mol. The Morgan fingerprint density at radius 3 is 2.42 bits per heavy atom. The van der Waals surface area contributed by atoms with E-state index in [0.717, 1.165) is 12.8 Å². The molecule has 9 heteroatoms. The molecule has 1 saturated carbocycles. The summed E-state index contributed by atoms with van der Waals surface area (Å²) in [6.07, 6.45) is 3.08. The number of carbonyl (C=O) groups is 3. The first-order valence-electron chi connectivity index (χ1n) is 11.0. The van der Waals surface area contributed by atoms with Crippen molar-refractivity contribution in [2.75, 3.05) is 30.8 Å². The van der Waals surface area contributed by atoms with Crippen LogP contribution in [0.5, 0.6) is 5.75 Å². The standard InChI is InChI=1S/C24H27ClN4O4/c1-33-21-5-3-2-4-20(21)28-22(30)15-10-12-29(13-11-15)24(32)27-17-8-9-19(25)18(14-17)23(31)26-16-6-7-16/h2-5,8-9,14-16H,6-7,10-13H2,1H3,(H,26,31)(H,27,32)(H,28,30). The first kappa shape index (κ1) is 22.9. The lowest BCUT2D eigenvalue weighted by Crippen LogP contribution is -2.43. The summed E-state index contributed by atoms with van der Waals surface area (Å²) < 4.78 is 5.28. The average Bonchev–Trinajstić information content (AvgIpc) is 3.64. The van der Waals surface area contributed by atoms with Crippen LogP contribution in [-0.2, 0) is 4.79 Å². The number of halogens is 1. The molecule has 2 aromatic carbocycles. The van der Waals surface area contributed by atoms with E-state index in [0.29, 0.717) is 53.6 Å². The highest BCUT2D eigenvalue weighted by Crippen LogP contribution is 2.27. The molecule has 1 aliphatic carbocycles. The van der Waals surface area contributed by atoms with Crippen molar-refractivity contribution < 1.29 is 19.1 Å². The Hall–Kier alpha value is -3.26. The van der Waals surface area contributed by atoms with Crippen LogP contribution >= 0.6 is 11.6 Å². The number of methoxy groups -OCH3 is 1. The Bertz CT molecular complexity index is 1050. The van der Waals surface area contributed by atoms with Crippen LogP contribution < -0.4 is 20.7 Å². The van der Waals surface area contributed by atoms with E-state index in [2.05, 4.69) is 16.0 Å². The third-order valence-corrected chi connectivity index (χ3v) is 6.22. The van der Waals surface area contributed by atoms with Gasteiger partial charge in [-0.1, -0.05) is 23.7 Å². The molecule has 33 heavy (non-hydrogen) atoms. The number of rotatable bonds is 6. The summed E-state index contributed by atoms with van der Waals surface area (Å²) in [4.78, 5) is 39.5. The minimum Gasteiger partial charge on any atom is -0.495 e. The molecule has 0 spiro atoms. The number of amides is 4. The Morgan fingerprint density at radius 2 is 1.73 bits per heavy atom. The molecule has 0 atom stereocenters. The number of ether oxygens (including phenoxy) is 1. The highest BCUT2D eigenvalue weighted by molar-refractivity contribution is 6.34. The molecule has 1 heterocycles. The van der Waals surface area contributed by atoms with Gasteiger partial charge in [-0.05, 0) is 56.0 Å². The van der Waals surface area contributed by atoms with Gasteiger partial charge in [0.2, 0.25) is 5.91 Å². The van der Waals surface area contributed by atoms with Gasteiger partial charge in [0.25, 0.3) is 5.91 Å². The number of anilines is 2. The third kappa shape index (κ3) is 5.76. The highest BCUT2D eigenvalue weighted by Gasteiger charge is 2.28. The second-order valence-corrected chi connectivity index (χ2v) is 8.73. The van der Waals surface area contributed by atoms with E-state index >= 15 is 0 Å². The first-order chi connectivity index (χ1) is 15.9. The van der Waals surface area contributed by atoms with E-state index < -0.39 is 0 Å². The van der Waals surface area contributed by atoms with E-state index in [1.165, 1.54) is 0 Å². The number of urea groups is 1. The van der Waals surface area contributed by atoms with Crippen LogP contribution in [0.2, 0.25) is 5.02 Å². The summed E-state index contributed by atoms with van der Waals surface area (Å²) >= 11 is 6.17. The number of likely N-dealkylation sites (tertiary alicyclic amines) is 1. The van der Waals surface area contributed by atoms with E-state index in [-0.39, 0.29) is 29.8 Å². The summed E-state index contributed by atoms with van der Waals surface area (Å²) in [5.41, 5.74) is 1.48. The van der Waals surface area contributed by atoms with Gasteiger partial charge in [-0.15, -0.1) is 0 Å². The van der Waals surface area contributed by atoms with Gasteiger partial charge in [0.1, 0.15) is 5.75 Å². The number of hydrogen-bond acceptors (Lipinski definition) is 4. The van der Waals surface area contributed by atoms with Crippen LogP contribution in [-0.4, -0.2) is 49.0 Å². The molecule has 8 nitrogen and oxygen atoms in total. The van der Waals surface area contributed by atoms with Crippen LogP contribution in [0, 0.1) is 5.92 Å². The molecule has 2 aliphatic rings. The Balaban J connectivity index is 1.30. The predicted octanol–water partition coefficient (Wildman–Crippen LogP) is 4.12. The fourth-order valence-electron chi connectivity index (χ4n) is 3.80. The minimum absolute atomic E-state index is 0.0800. The maximum atomic E-state index is 12.7. The quantitative estimate of drug-likeness (QED) is 0.591. The van der Waals surface area contributed by atoms with E-state index in [9.17, 15) is 14.4 Å². The number of hydrogen-bond donors (Lipinski definition) is 3. The molecule has 0 unspecified atom stereocenters. The van der Waals surface area contributed by atoms with Crippen molar-refractivity contribution in [3.63, 3.8) is 0 Å². The maximum absolute atomic E-state index is 12.7. The van der Waals surface area contributed by atoms with Gasteiger partial charge in [0.05, 0.1) is 23.4 Å². The molecule has 174 valence electrons. The summed E-state index contributed by atoms with van der Waals surface area (Å²) in [5.74, 6) is 0.104. The van der Waals surface area contributed by atoms with Crippen molar-refractivity contribution in [1.82, 2.24) is 10.2 Å². The number of nitrogens with one attached hydrogen (secondary N) is 3. The molecule has 4 amide bonds. The third-order valence-electron chi connectivity index (χ3n) is 5.89. The van der Waals surface area contributed by atoms with Crippen LogP contribution in [0.4, 0.5) is 16.2 Å². The number of benzene rings is 2. The molecule has 0 radical (unpaired) electrons. The van der Waals surface area contributed by atoms with Crippen LogP contribution in [0.1, 0.15) is 36.0 Å². The lowest BCUT2D eigenvalue weighted by atomic mass is 9.96. The first-order valence-corrected chi connectivity index (χ1v) is 11.4. The highest BCUT2D eigenvalue weighted by atomic mass is 35.5. The molecular weight excluding hydrogens is 444 g/mol. The van der Waals surface area contributed by atoms with Crippen LogP contribution in [0.15, 0.2) is 42.5 Å². The van der Waals surface area contributed by atoms with Crippen molar-refractivity contribution >= 4 is 40.8 Å². The zero-order valence-corrected chi connectivity index (χ0v) is 19.2. The largest absolute Gasteiger partial charge is 0.495 e. The van der Waals surface area contributed by atoms with Gasteiger partial charge in [-0.25, -0.2) is 4.79 Å². The summed E-state index contributed by atoms with van der Waals surface area (Å²) in [5, 5.41) is 9.00. The Labute approximate surface area is 197 Å². The number of para-hydroxylation sites is 2.